The van der Waals surface area contributed by atoms with Crippen molar-refractivity contribution in [1.82, 2.24) is 0 Å². The van der Waals surface area contributed by atoms with Gasteiger partial charge in [0.1, 0.15) is 0 Å². The van der Waals surface area contributed by atoms with Gasteiger partial charge in [-0.15, -0.1) is 0 Å². The van der Waals surface area contributed by atoms with Crippen LogP contribution in [0.15, 0.2) is 34.7 Å². The van der Waals surface area contributed by atoms with Crippen LogP contribution in [0.1, 0.15) is 45.6 Å². The highest BCUT2D eigenvalue weighted by molar-refractivity contribution is 7.85. The molecule has 5 heteroatoms. The zero-order valence-electron chi connectivity index (χ0n) is 13.7. The van der Waals surface area contributed by atoms with E-state index in [0.717, 1.165) is 30.4 Å². The van der Waals surface area contributed by atoms with Gasteiger partial charge in [0.05, 0.1) is 4.90 Å². The molecule has 2 unspecified atom stereocenters. The molecule has 2 saturated carbocycles. The molecular formula is C18H22O4S. The fourth-order valence-electron chi connectivity index (χ4n) is 4.67. The van der Waals surface area contributed by atoms with E-state index in [4.69, 9.17) is 4.55 Å². The van der Waals surface area contributed by atoms with Gasteiger partial charge in [-0.05, 0) is 59.9 Å². The van der Waals surface area contributed by atoms with Crippen LogP contribution < -0.4 is 0 Å². The molecule has 1 N–H and O–H groups in total. The Balaban J connectivity index is 2.00. The Hall–Kier alpha value is -1.46. The van der Waals surface area contributed by atoms with Crippen LogP contribution >= 0.6 is 0 Å². The van der Waals surface area contributed by atoms with Crippen molar-refractivity contribution < 1.29 is 17.8 Å². The first-order valence-electron chi connectivity index (χ1n) is 7.97. The van der Waals surface area contributed by atoms with Crippen molar-refractivity contribution in [2.75, 3.05) is 0 Å². The summed E-state index contributed by atoms with van der Waals surface area (Å²) in [5, 5.41) is 0. The molecular weight excluding hydrogens is 312 g/mol. The number of Topliss-reactive ketones (excluding diaryl/α,β-unsaturated/α-hetero) is 1. The Morgan fingerprint density at radius 3 is 2.35 bits per heavy atom. The van der Waals surface area contributed by atoms with Crippen molar-refractivity contribution in [1.29, 1.82) is 0 Å². The fourth-order valence-corrected chi connectivity index (χ4v) is 5.15. The largest absolute Gasteiger partial charge is 0.294 e. The molecule has 0 radical (unpaired) electrons. The van der Waals surface area contributed by atoms with Crippen LogP contribution in [0.4, 0.5) is 0 Å². The second kappa shape index (κ2) is 5.02. The summed E-state index contributed by atoms with van der Waals surface area (Å²) in [4.78, 5) is 12.8. The molecule has 0 amide bonds. The van der Waals surface area contributed by atoms with Gasteiger partial charge in [-0.25, -0.2) is 0 Å². The third-order valence-corrected chi connectivity index (χ3v) is 7.01. The number of carbonyl (C=O) groups excluding carboxylic acids is 1. The third-order valence-electron chi connectivity index (χ3n) is 6.14. The Bertz CT molecular complexity index is 787. The van der Waals surface area contributed by atoms with Gasteiger partial charge < -0.3 is 0 Å². The number of ketones is 1. The minimum Gasteiger partial charge on any atom is -0.294 e. The van der Waals surface area contributed by atoms with Gasteiger partial charge in [-0.2, -0.15) is 8.42 Å². The maximum absolute atomic E-state index is 13.0. The van der Waals surface area contributed by atoms with E-state index < -0.39 is 10.1 Å². The van der Waals surface area contributed by atoms with Gasteiger partial charge >= 0.3 is 0 Å². The van der Waals surface area contributed by atoms with Crippen LogP contribution in [0.5, 0.6) is 0 Å². The molecule has 124 valence electrons. The molecule has 23 heavy (non-hydrogen) atoms. The normalized spacial score (nSPS) is 31.0. The Labute approximate surface area is 137 Å². The molecule has 2 aliphatic carbocycles. The molecule has 2 bridgehead atoms. The monoisotopic (exact) mass is 334 g/mol. The quantitative estimate of drug-likeness (QED) is 0.675. The standard InChI is InChI=1S/C18H22O4S/c1-4-18-10-9-15(17(18,2)3)14(16(18)19)11-12-5-7-13(8-6-12)23(20,21)22/h5-8,11,15H,4,9-10H2,1-3H3,(H,20,21,22). The highest BCUT2D eigenvalue weighted by atomic mass is 32.2. The number of hydrogen-bond acceptors (Lipinski definition) is 3. The lowest BCUT2D eigenvalue weighted by molar-refractivity contribution is -0.126. The predicted molar refractivity (Wildman–Crippen MR) is 88.5 cm³/mol. The molecule has 2 atom stereocenters. The molecule has 0 saturated heterocycles. The number of carbonyl (C=O) groups is 1. The number of rotatable bonds is 3. The average molecular weight is 334 g/mol. The smallest absolute Gasteiger partial charge is 0.294 e. The predicted octanol–water partition coefficient (Wildman–Crippen LogP) is 3.73. The second-order valence-corrected chi connectivity index (χ2v) is 8.64. The van der Waals surface area contributed by atoms with E-state index in [0.29, 0.717) is 0 Å². The van der Waals surface area contributed by atoms with Gasteiger partial charge in [0.15, 0.2) is 5.78 Å². The van der Waals surface area contributed by atoms with Crippen molar-refractivity contribution in [2.45, 2.75) is 44.9 Å². The highest BCUT2D eigenvalue weighted by Crippen LogP contribution is 2.67. The Morgan fingerprint density at radius 2 is 1.87 bits per heavy atom. The number of fused-ring (bicyclic) bond motifs is 2. The summed E-state index contributed by atoms with van der Waals surface area (Å²) in [6.07, 6.45) is 4.73. The lowest BCUT2D eigenvalue weighted by Gasteiger charge is -2.34. The number of hydrogen-bond donors (Lipinski definition) is 1. The van der Waals surface area contributed by atoms with E-state index in [9.17, 15) is 13.2 Å². The summed E-state index contributed by atoms with van der Waals surface area (Å²) >= 11 is 0. The third kappa shape index (κ3) is 2.21. The summed E-state index contributed by atoms with van der Waals surface area (Å²) < 4.78 is 31.2. The van der Waals surface area contributed by atoms with Crippen LogP contribution in [-0.4, -0.2) is 18.8 Å². The van der Waals surface area contributed by atoms with Crippen molar-refractivity contribution in [3.8, 4) is 0 Å². The summed E-state index contributed by atoms with van der Waals surface area (Å²) in [5.41, 5.74) is 1.37. The molecule has 0 aliphatic heterocycles. The Morgan fingerprint density at radius 1 is 1.26 bits per heavy atom. The van der Waals surface area contributed by atoms with Crippen LogP contribution in [0.3, 0.4) is 0 Å². The van der Waals surface area contributed by atoms with E-state index >= 15 is 0 Å². The first kappa shape index (κ1) is 16.4. The van der Waals surface area contributed by atoms with Gasteiger partial charge in [-0.1, -0.05) is 32.9 Å². The molecule has 0 spiro atoms. The summed E-state index contributed by atoms with van der Waals surface area (Å²) in [5.74, 6) is 0.510. The maximum Gasteiger partial charge on any atom is 0.294 e. The van der Waals surface area contributed by atoms with Gasteiger partial charge in [0.2, 0.25) is 0 Å². The molecule has 1 aromatic carbocycles. The van der Waals surface area contributed by atoms with Gasteiger partial charge in [0, 0.05) is 5.41 Å². The van der Waals surface area contributed by atoms with E-state index in [2.05, 4.69) is 20.8 Å². The summed E-state index contributed by atoms with van der Waals surface area (Å²) in [7, 11) is -4.19. The molecule has 0 aromatic heterocycles. The van der Waals surface area contributed by atoms with Gasteiger partial charge in [0.25, 0.3) is 10.1 Å². The highest BCUT2D eigenvalue weighted by Gasteiger charge is 2.65. The molecule has 2 aliphatic rings. The van der Waals surface area contributed by atoms with E-state index in [1.807, 2.05) is 6.08 Å². The van der Waals surface area contributed by atoms with Crippen LogP contribution in [-0.2, 0) is 14.9 Å². The maximum atomic E-state index is 13.0. The van der Waals surface area contributed by atoms with Crippen molar-refractivity contribution in [2.24, 2.45) is 16.7 Å². The molecule has 1 aromatic rings. The first-order valence-corrected chi connectivity index (χ1v) is 9.41. The number of allylic oxidation sites excluding steroid dienone is 1. The topological polar surface area (TPSA) is 71.4 Å². The van der Waals surface area contributed by atoms with E-state index in [1.165, 1.54) is 12.1 Å². The minimum atomic E-state index is -4.19. The molecule has 2 fully saturated rings. The summed E-state index contributed by atoms with van der Waals surface area (Å²) in [6, 6.07) is 5.97. The van der Waals surface area contributed by atoms with Crippen LogP contribution in [0, 0.1) is 16.7 Å². The van der Waals surface area contributed by atoms with Crippen molar-refractivity contribution >= 4 is 22.0 Å². The molecule has 0 heterocycles. The molecule has 3 rings (SSSR count). The van der Waals surface area contributed by atoms with E-state index in [-0.39, 0.29) is 27.4 Å². The average Bonchev–Trinajstić information content (AvgIpc) is 2.82. The fraction of sp³-hybridized carbons (Fsp3) is 0.500. The second-order valence-electron chi connectivity index (χ2n) is 7.22. The summed E-state index contributed by atoms with van der Waals surface area (Å²) in [6.45, 7) is 6.47. The van der Waals surface area contributed by atoms with E-state index in [1.54, 1.807) is 12.1 Å². The molecule has 4 nitrogen and oxygen atoms in total. The lowest BCUT2D eigenvalue weighted by atomic mass is 9.67. The van der Waals surface area contributed by atoms with Crippen molar-refractivity contribution in [3.63, 3.8) is 0 Å². The SMILES string of the molecule is CCC12CCC(C(=Cc3ccc(S(=O)(=O)O)cc3)C1=O)C2(C)C. The minimum absolute atomic E-state index is 0.0287. The first-order chi connectivity index (χ1) is 10.6. The lowest BCUT2D eigenvalue weighted by Crippen LogP contribution is -2.35. The van der Waals surface area contributed by atoms with Crippen molar-refractivity contribution in [3.05, 3.63) is 35.4 Å². The zero-order valence-corrected chi connectivity index (χ0v) is 14.5. The number of benzene rings is 1. The van der Waals surface area contributed by atoms with Gasteiger partial charge in [-0.3, -0.25) is 9.35 Å². The Kier molecular flexibility index (Phi) is 3.58. The van der Waals surface area contributed by atoms with Crippen LogP contribution in [0.25, 0.3) is 6.08 Å². The zero-order chi connectivity index (χ0) is 17.0. The van der Waals surface area contributed by atoms with Crippen LogP contribution in [0.2, 0.25) is 0 Å².